The van der Waals surface area contributed by atoms with E-state index in [1.807, 2.05) is 0 Å². The van der Waals surface area contributed by atoms with E-state index < -0.39 is 0 Å². The van der Waals surface area contributed by atoms with Crippen LogP contribution in [0, 0.1) is 0 Å². The minimum absolute atomic E-state index is 0.799. The monoisotopic (exact) mass is 183 g/mol. The Balaban J connectivity index is 1.84. The molecule has 76 valence electrons. The maximum Gasteiger partial charge on any atom is 0.0289 e. The normalized spacial score (nSPS) is 29.3. The molecule has 0 radical (unpaired) electrons. The molecule has 0 aromatic carbocycles. The highest BCUT2D eigenvalue weighted by Gasteiger charge is 2.24. The van der Waals surface area contributed by atoms with Crippen LogP contribution < -0.4 is 5.53 Å². The molecule has 0 bridgehead atoms. The molecule has 2 fully saturated rings. The third-order valence-corrected chi connectivity index (χ3v) is 3.24. The highest BCUT2D eigenvalue weighted by molar-refractivity contribution is 4.74. The molecule has 0 aromatic rings. The molecule has 3 heteroatoms. The van der Waals surface area contributed by atoms with Crippen molar-refractivity contribution in [3.63, 3.8) is 0 Å². The SMILES string of the molecule is CN1CCN(C2CCCCCC2)N1. The van der Waals surface area contributed by atoms with Crippen LogP contribution in [0.1, 0.15) is 38.5 Å². The molecule has 2 aliphatic rings. The van der Waals surface area contributed by atoms with E-state index in [0.717, 1.165) is 12.6 Å². The Morgan fingerprint density at radius 2 is 1.69 bits per heavy atom. The van der Waals surface area contributed by atoms with Gasteiger partial charge in [-0.05, 0) is 12.8 Å². The number of hydrogen-bond donors (Lipinski definition) is 1. The number of likely N-dealkylation sites (N-methyl/N-ethyl adjacent to an activating group) is 1. The van der Waals surface area contributed by atoms with Gasteiger partial charge in [0.2, 0.25) is 0 Å². The van der Waals surface area contributed by atoms with Crippen LogP contribution in [0.5, 0.6) is 0 Å². The summed E-state index contributed by atoms with van der Waals surface area (Å²) < 4.78 is 0. The lowest BCUT2D eigenvalue weighted by Crippen LogP contribution is -2.43. The second-order valence-corrected chi connectivity index (χ2v) is 4.36. The topological polar surface area (TPSA) is 18.5 Å². The summed E-state index contributed by atoms with van der Waals surface area (Å²) in [5.74, 6) is 0. The van der Waals surface area contributed by atoms with Crippen LogP contribution in [0.4, 0.5) is 0 Å². The number of nitrogens with zero attached hydrogens (tertiary/aromatic N) is 2. The van der Waals surface area contributed by atoms with Crippen molar-refractivity contribution in [1.29, 1.82) is 0 Å². The van der Waals surface area contributed by atoms with E-state index >= 15 is 0 Å². The average molecular weight is 183 g/mol. The molecule has 1 saturated carbocycles. The second-order valence-electron chi connectivity index (χ2n) is 4.36. The van der Waals surface area contributed by atoms with E-state index in [-0.39, 0.29) is 0 Å². The summed E-state index contributed by atoms with van der Waals surface area (Å²) in [5.41, 5.74) is 3.42. The highest BCUT2D eigenvalue weighted by atomic mass is 15.8. The number of nitrogens with one attached hydrogen (secondary N) is 1. The van der Waals surface area contributed by atoms with Gasteiger partial charge in [-0.2, -0.15) is 5.53 Å². The van der Waals surface area contributed by atoms with Gasteiger partial charge in [0.25, 0.3) is 0 Å². The van der Waals surface area contributed by atoms with Gasteiger partial charge < -0.3 is 0 Å². The lowest BCUT2D eigenvalue weighted by molar-refractivity contribution is 0.0884. The Kier molecular flexibility index (Phi) is 3.19. The van der Waals surface area contributed by atoms with Crippen molar-refractivity contribution in [2.24, 2.45) is 0 Å². The molecule has 1 N–H and O–H groups in total. The lowest BCUT2D eigenvalue weighted by Gasteiger charge is -2.26. The Labute approximate surface area is 81.0 Å². The van der Waals surface area contributed by atoms with Crippen LogP contribution in [0.25, 0.3) is 0 Å². The molecule has 1 aliphatic heterocycles. The first-order chi connectivity index (χ1) is 6.36. The fraction of sp³-hybridized carbons (Fsp3) is 1.00. The maximum atomic E-state index is 3.42. The highest BCUT2D eigenvalue weighted by Crippen LogP contribution is 2.21. The predicted molar refractivity (Wildman–Crippen MR) is 54.0 cm³/mol. The van der Waals surface area contributed by atoms with Crippen LogP contribution in [-0.4, -0.2) is 36.2 Å². The Morgan fingerprint density at radius 1 is 1.00 bits per heavy atom. The summed E-state index contributed by atoms with van der Waals surface area (Å²) in [6.45, 7) is 2.36. The number of hydrogen-bond acceptors (Lipinski definition) is 3. The molecule has 0 unspecified atom stereocenters. The van der Waals surface area contributed by atoms with Crippen LogP contribution in [0.2, 0.25) is 0 Å². The first kappa shape index (κ1) is 9.44. The van der Waals surface area contributed by atoms with Crippen LogP contribution in [-0.2, 0) is 0 Å². The van der Waals surface area contributed by atoms with Crippen molar-refractivity contribution >= 4 is 0 Å². The third-order valence-electron chi connectivity index (χ3n) is 3.24. The fourth-order valence-corrected chi connectivity index (χ4v) is 2.41. The zero-order chi connectivity index (χ0) is 9.10. The average Bonchev–Trinajstić information content (AvgIpc) is 2.43. The molecule has 0 aromatic heterocycles. The molecule has 0 atom stereocenters. The van der Waals surface area contributed by atoms with Crippen molar-refractivity contribution in [3.8, 4) is 0 Å². The maximum absolute atomic E-state index is 3.42. The predicted octanol–water partition coefficient (Wildman–Crippen LogP) is 1.38. The van der Waals surface area contributed by atoms with E-state index in [9.17, 15) is 0 Å². The second kappa shape index (κ2) is 4.40. The third kappa shape index (κ3) is 2.42. The van der Waals surface area contributed by atoms with Crippen LogP contribution in [0.15, 0.2) is 0 Å². The quantitative estimate of drug-likeness (QED) is 0.620. The molecule has 1 saturated heterocycles. The van der Waals surface area contributed by atoms with Gasteiger partial charge in [-0.15, -0.1) is 0 Å². The molecule has 0 spiro atoms. The van der Waals surface area contributed by atoms with Gasteiger partial charge in [-0.1, -0.05) is 25.7 Å². The van der Waals surface area contributed by atoms with Crippen molar-refractivity contribution in [2.75, 3.05) is 20.1 Å². The smallest absolute Gasteiger partial charge is 0.0289 e. The standard InChI is InChI=1S/C10H21N3/c1-12-8-9-13(11-12)10-6-4-2-3-5-7-10/h10-11H,2-9H2,1H3. The van der Waals surface area contributed by atoms with Crippen LogP contribution >= 0.6 is 0 Å². The first-order valence-corrected chi connectivity index (χ1v) is 5.60. The summed E-state index contributed by atoms with van der Waals surface area (Å²) in [7, 11) is 2.12. The molecule has 3 nitrogen and oxygen atoms in total. The Bertz CT molecular complexity index is 152. The van der Waals surface area contributed by atoms with Gasteiger partial charge >= 0.3 is 0 Å². The van der Waals surface area contributed by atoms with Crippen molar-refractivity contribution < 1.29 is 0 Å². The van der Waals surface area contributed by atoms with Gasteiger partial charge in [-0.25, -0.2) is 10.0 Å². The summed E-state index contributed by atoms with van der Waals surface area (Å²) in [6.07, 6.45) is 8.52. The summed E-state index contributed by atoms with van der Waals surface area (Å²) >= 11 is 0. The summed E-state index contributed by atoms with van der Waals surface area (Å²) in [5, 5.41) is 4.62. The van der Waals surface area contributed by atoms with Crippen LogP contribution in [0.3, 0.4) is 0 Å². The van der Waals surface area contributed by atoms with Gasteiger partial charge in [0.15, 0.2) is 0 Å². The molecule has 13 heavy (non-hydrogen) atoms. The number of hydrazine groups is 2. The van der Waals surface area contributed by atoms with Crippen molar-refractivity contribution in [3.05, 3.63) is 0 Å². The lowest BCUT2D eigenvalue weighted by atomic mass is 10.1. The minimum atomic E-state index is 0.799. The van der Waals surface area contributed by atoms with Gasteiger partial charge in [-0.3, -0.25) is 0 Å². The van der Waals surface area contributed by atoms with E-state index in [2.05, 4.69) is 22.6 Å². The van der Waals surface area contributed by atoms with Crippen molar-refractivity contribution in [2.45, 2.75) is 44.6 Å². The first-order valence-electron chi connectivity index (χ1n) is 5.60. The molecule has 0 amide bonds. The Hall–Kier alpha value is -0.120. The van der Waals surface area contributed by atoms with Gasteiger partial charge in [0.05, 0.1) is 0 Å². The van der Waals surface area contributed by atoms with E-state index in [1.54, 1.807) is 0 Å². The molecule has 1 heterocycles. The van der Waals surface area contributed by atoms with E-state index in [1.165, 1.54) is 45.1 Å². The molecular weight excluding hydrogens is 162 g/mol. The molecular formula is C10H21N3. The zero-order valence-corrected chi connectivity index (χ0v) is 8.63. The molecule has 1 aliphatic carbocycles. The van der Waals surface area contributed by atoms with Crippen molar-refractivity contribution in [1.82, 2.24) is 15.6 Å². The minimum Gasteiger partial charge on any atom is -0.232 e. The summed E-state index contributed by atoms with van der Waals surface area (Å²) in [4.78, 5) is 0. The number of rotatable bonds is 1. The zero-order valence-electron chi connectivity index (χ0n) is 8.63. The fourth-order valence-electron chi connectivity index (χ4n) is 2.41. The molecule has 2 rings (SSSR count). The largest absolute Gasteiger partial charge is 0.232 e. The van der Waals surface area contributed by atoms with E-state index in [0.29, 0.717) is 0 Å². The van der Waals surface area contributed by atoms with Gasteiger partial charge in [0, 0.05) is 26.2 Å². The summed E-state index contributed by atoms with van der Waals surface area (Å²) in [6, 6.07) is 0.799. The van der Waals surface area contributed by atoms with E-state index in [4.69, 9.17) is 0 Å². The Morgan fingerprint density at radius 3 is 2.23 bits per heavy atom. The van der Waals surface area contributed by atoms with Gasteiger partial charge in [0.1, 0.15) is 0 Å².